The van der Waals surface area contributed by atoms with Crippen LogP contribution in [-0.4, -0.2) is 30.2 Å². The first-order valence-corrected chi connectivity index (χ1v) is 16.4. The molecule has 7 heteroatoms. The molecule has 5 aliphatic carbocycles. The van der Waals surface area contributed by atoms with E-state index in [9.17, 15) is 22.9 Å². The molecule has 38 heavy (non-hydrogen) atoms. The number of carbonyl (C=O) groups is 1. The average molecular weight is 551 g/mol. The Morgan fingerprint density at radius 1 is 0.895 bits per heavy atom. The van der Waals surface area contributed by atoms with Gasteiger partial charge in [-0.3, -0.25) is 9.35 Å². The van der Waals surface area contributed by atoms with Crippen molar-refractivity contribution in [3.63, 3.8) is 0 Å². The van der Waals surface area contributed by atoms with Gasteiger partial charge in [-0.25, -0.2) is 4.18 Å². The van der Waals surface area contributed by atoms with Crippen molar-refractivity contribution in [1.29, 1.82) is 0 Å². The topological polar surface area (TPSA) is 101 Å². The van der Waals surface area contributed by atoms with Crippen LogP contribution < -0.4 is 0 Å². The maximum Gasteiger partial charge on any atom is 0.397 e. The predicted octanol–water partition coefficient (Wildman–Crippen LogP) is 7.31. The van der Waals surface area contributed by atoms with Crippen molar-refractivity contribution in [2.45, 2.75) is 118 Å². The van der Waals surface area contributed by atoms with E-state index in [1.54, 1.807) is 0 Å². The van der Waals surface area contributed by atoms with Gasteiger partial charge >= 0.3 is 16.4 Å². The van der Waals surface area contributed by atoms with Crippen LogP contribution in [-0.2, 0) is 19.4 Å². The Morgan fingerprint density at radius 3 is 2.18 bits per heavy atom. The van der Waals surface area contributed by atoms with E-state index >= 15 is 0 Å². The molecule has 5 rings (SSSR count). The summed E-state index contributed by atoms with van der Waals surface area (Å²) in [5, 5.41) is 10.6. The van der Waals surface area contributed by atoms with Gasteiger partial charge < -0.3 is 5.11 Å². The molecule has 0 saturated heterocycles. The van der Waals surface area contributed by atoms with Crippen molar-refractivity contribution in [2.24, 2.45) is 56.7 Å². The zero-order chi connectivity index (χ0) is 28.1. The van der Waals surface area contributed by atoms with Crippen molar-refractivity contribution < 1.29 is 27.1 Å². The van der Waals surface area contributed by atoms with Crippen LogP contribution in [0.2, 0.25) is 0 Å². The highest BCUT2D eigenvalue weighted by Crippen LogP contribution is 2.77. The second kappa shape index (κ2) is 8.79. The zero-order valence-corrected chi connectivity index (χ0v) is 25.2. The molecule has 5 aliphatic rings. The third-order valence-corrected chi connectivity index (χ3v) is 14.5. The van der Waals surface area contributed by atoms with E-state index in [2.05, 4.69) is 48.1 Å². The smallest absolute Gasteiger partial charge is 0.397 e. The Bertz CT molecular complexity index is 1110. The van der Waals surface area contributed by atoms with Gasteiger partial charge in [0.05, 0.1) is 11.5 Å². The number of fused-ring (bicyclic) bond motifs is 7. The fourth-order valence-corrected chi connectivity index (χ4v) is 12.6. The second-order valence-corrected chi connectivity index (χ2v) is 16.2. The lowest BCUT2D eigenvalue weighted by Crippen LogP contribution is -2.67. The lowest BCUT2D eigenvalue weighted by Gasteiger charge is -2.72. The third kappa shape index (κ3) is 3.69. The molecule has 216 valence electrons. The third-order valence-electron chi connectivity index (χ3n) is 14.0. The van der Waals surface area contributed by atoms with Gasteiger partial charge in [-0.2, -0.15) is 8.42 Å². The van der Waals surface area contributed by atoms with Crippen LogP contribution in [0.25, 0.3) is 0 Å². The largest absolute Gasteiger partial charge is 0.481 e. The predicted molar refractivity (Wildman–Crippen MR) is 148 cm³/mol. The van der Waals surface area contributed by atoms with Gasteiger partial charge in [0.1, 0.15) is 0 Å². The fourth-order valence-electron chi connectivity index (χ4n) is 12.0. The Hall–Kier alpha value is -0.920. The SMILES string of the molecule is C=C(CC)C1CCC2(C(=O)O)CCC3(C)C(CCC4C5(C)CCC(OS(=O)(=O)O)C(C)(C)C5CCC43C)C12. The first-order valence-electron chi connectivity index (χ1n) is 15.0. The van der Waals surface area contributed by atoms with E-state index in [4.69, 9.17) is 4.18 Å². The molecule has 5 saturated carbocycles. The number of aliphatic carboxylic acids is 1. The van der Waals surface area contributed by atoms with Gasteiger partial charge in [0.25, 0.3) is 0 Å². The van der Waals surface area contributed by atoms with E-state index in [-0.39, 0.29) is 27.6 Å². The van der Waals surface area contributed by atoms with Crippen LogP contribution in [0.15, 0.2) is 12.2 Å². The van der Waals surface area contributed by atoms with Gasteiger partial charge in [0, 0.05) is 0 Å². The van der Waals surface area contributed by atoms with Crippen molar-refractivity contribution in [2.75, 3.05) is 0 Å². The molecule has 0 heterocycles. The molecule has 2 N–H and O–H groups in total. The highest BCUT2D eigenvalue weighted by atomic mass is 32.3. The van der Waals surface area contributed by atoms with Crippen LogP contribution in [0.3, 0.4) is 0 Å². The van der Waals surface area contributed by atoms with Gasteiger partial charge in [-0.1, -0.05) is 53.7 Å². The minimum absolute atomic E-state index is 0.0486. The summed E-state index contributed by atoms with van der Waals surface area (Å²) in [5.74, 6) is 1.07. The Balaban J connectivity index is 1.52. The molecule has 0 bridgehead atoms. The first-order chi connectivity index (χ1) is 17.5. The molecule has 5 fully saturated rings. The Morgan fingerprint density at radius 2 is 1.58 bits per heavy atom. The van der Waals surface area contributed by atoms with E-state index < -0.39 is 27.9 Å². The summed E-state index contributed by atoms with van der Waals surface area (Å²) in [7, 11) is -4.50. The number of carboxylic acid groups (broad SMARTS) is 1. The van der Waals surface area contributed by atoms with Gasteiger partial charge in [-0.05, 0) is 122 Å². The average Bonchev–Trinajstić information content (AvgIpc) is 3.21. The summed E-state index contributed by atoms with van der Waals surface area (Å²) < 4.78 is 38.0. The van der Waals surface area contributed by atoms with Crippen LogP contribution in [0.5, 0.6) is 0 Å². The summed E-state index contributed by atoms with van der Waals surface area (Å²) >= 11 is 0. The molecule has 0 aromatic heterocycles. The maximum absolute atomic E-state index is 12.9. The van der Waals surface area contributed by atoms with Crippen LogP contribution in [0.1, 0.15) is 112 Å². The quantitative estimate of drug-likeness (QED) is 0.275. The molecule has 0 radical (unpaired) electrons. The van der Waals surface area contributed by atoms with E-state index in [0.29, 0.717) is 30.1 Å². The normalized spacial score (nSPS) is 49.8. The van der Waals surface area contributed by atoms with Crippen molar-refractivity contribution in [3.05, 3.63) is 12.2 Å². The monoisotopic (exact) mass is 550 g/mol. The number of hydrogen-bond acceptors (Lipinski definition) is 4. The van der Waals surface area contributed by atoms with E-state index in [0.717, 1.165) is 64.2 Å². The summed E-state index contributed by atoms with van der Waals surface area (Å²) in [4.78, 5) is 12.9. The lowest BCUT2D eigenvalue weighted by molar-refractivity contribution is -0.246. The van der Waals surface area contributed by atoms with Gasteiger partial charge in [0.2, 0.25) is 0 Å². The summed E-state index contributed by atoms with van der Waals surface area (Å²) in [6, 6.07) is 0. The highest BCUT2D eigenvalue weighted by Gasteiger charge is 2.72. The molecular weight excluding hydrogens is 500 g/mol. The minimum Gasteiger partial charge on any atom is -0.481 e. The van der Waals surface area contributed by atoms with Crippen LogP contribution >= 0.6 is 0 Å². The first kappa shape index (κ1) is 28.6. The molecular formula is C31H50O6S. The highest BCUT2D eigenvalue weighted by molar-refractivity contribution is 7.80. The van der Waals surface area contributed by atoms with Crippen molar-refractivity contribution >= 4 is 16.4 Å². The number of allylic oxidation sites excluding steroid dienone is 1. The van der Waals surface area contributed by atoms with Gasteiger partial charge in [-0.15, -0.1) is 0 Å². The molecule has 6 nitrogen and oxygen atoms in total. The molecule has 0 aromatic carbocycles. The summed E-state index contributed by atoms with van der Waals surface area (Å²) in [6.45, 7) is 18.3. The molecule has 0 spiro atoms. The Kier molecular flexibility index (Phi) is 6.61. The zero-order valence-electron chi connectivity index (χ0n) is 24.4. The molecule has 10 atom stereocenters. The van der Waals surface area contributed by atoms with E-state index in [1.165, 1.54) is 5.57 Å². The Labute approximate surface area is 230 Å². The number of carboxylic acids is 1. The van der Waals surface area contributed by atoms with Crippen LogP contribution in [0.4, 0.5) is 0 Å². The van der Waals surface area contributed by atoms with E-state index in [1.807, 2.05) is 0 Å². The number of rotatable bonds is 5. The van der Waals surface area contributed by atoms with Crippen LogP contribution in [0, 0.1) is 56.7 Å². The number of hydrogen-bond donors (Lipinski definition) is 2. The van der Waals surface area contributed by atoms with Gasteiger partial charge in [0.15, 0.2) is 0 Å². The second-order valence-electron chi connectivity index (χ2n) is 15.2. The lowest BCUT2D eigenvalue weighted by atomic mass is 9.32. The van der Waals surface area contributed by atoms with Crippen molar-refractivity contribution in [3.8, 4) is 0 Å². The summed E-state index contributed by atoms with van der Waals surface area (Å²) in [5.41, 5.74) is 0.471. The molecule has 0 aliphatic heterocycles. The fraction of sp³-hybridized carbons (Fsp3) is 0.903. The minimum atomic E-state index is -4.50. The van der Waals surface area contributed by atoms with Crippen molar-refractivity contribution in [1.82, 2.24) is 0 Å². The molecule has 10 unspecified atom stereocenters. The summed E-state index contributed by atoms with van der Waals surface area (Å²) in [6.07, 6.45) is 9.63. The standard InChI is InChI=1S/C31H50O6S/c1-8-19(2)20-11-16-31(26(32)33)18-17-29(6)21(25(20)31)9-10-23-28(5)14-13-24(37-38(34,35)36)27(3,4)22(28)12-15-30(23,29)7/h20-25H,2,8-18H2,1,3-7H3,(H,32,33)(H,34,35,36). The maximum atomic E-state index is 12.9. The molecule has 0 amide bonds. The molecule has 0 aromatic rings.